The first kappa shape index (κ1) is 23.2. The van der Waals surface area contributed by atoms with Crippen LogP contribution in [-0.4, -0.2) is 46.9 Å². The molecule has 170 valence electrons. The quantitative estimate of drug-likeness (QED) is 0.367. The topological polar surface area (TPSA) is 142 Å². The molecule has 1 saturated heterocycles. The number of rotatable bonds is 7. The Morgan fingerprint density at radius 2 is 1.72 bits per heavy atom. The van der Waals surface area contributed by atoms with Gasteiger partial charge in [-0.3, -0.25) is 19.3 Å². The van der Waals surface area contributed by atoms with Gasteiger partial charge in [0.2, 0.25) is 15.8 Å². The van der Waals surface area contributed by atoms with Crippen molar-refractivity contribution in [1.29, 1.82) is 0 Å². The fourth-order valence-corrected chi connectivity index (χ4v) is 4.11. The molecule has 0 radical (unpaired) electrons. The number of nitrogens with two attached hydrogens (primary N) is 1. The third-order valence-corrected chi connectivity index (χ3v) is 5.98. The highest BCUT2D eigenvalue weighted by Crippen LogP contribution is 2.44. The van der Waals surface area contributed by atoms with E-state index in [0.717, 1.165) is 4.90 Å². The van der Waals surface area contributed by atoms with E-state index in [0.29, 0.717) is 11.3 Å². The molecule has 0 spiro atoms. The second-order valence-electron chi connectivity index (χ2n) is 6.86. The lowest BCUT2D eigenvalue weighted by Gasteiger charge is -2.28. The Balaban J connectivity index is 2.19. The molecular weight excluding hydrogens is 440 g/mol. The average molecular weight is 462 g/mol. The Morgan fingerprint density at radius 3 is 2.25 bits per heavy atom. The Bertz CT molecular complexity index is 1160. The molecule has 10 nitrogen and oxygen atoms in total. The summed E-state index contributed by atoms with van der Waals surface area (Å²) in [5, 5.41) is 5.14. The van der Waals surface area contributed by atoms with Gasteiger partial charge in [0.05, 0.1) is 31.8 Å². The molecule has 0 saturated carbocycles. The van der Waals surface area contributed by atoms with Gasteiger partial charge in [0.25, 0.3) is 5.91 Å². The number of amides is 1. The Hall–Kier alpha value is -3.44. The molecule has 0 aliphatic carbocycles. The third kappa shape index (κ3) is 4.16. The van der Waals surface area contributed by atoms with E-state index >= 15 is 0 Å². The number of hydrogen-bond donors (Lipinski definition) is 1. The highest BCUT2D eigenvalue weighted by molar-refractivity contribution is 7.89. The van der Waals surface area contributed by atoms with E-state index in [2.05, 4.69) is 0 Å². The summed E-state index contributed by atoms with van der Waals surface area (Å²) in [5.41, 5.74) is 0.575. The molecule has 0 aromatic heterocycles. The van der Waals surface area contributed by atoms with Crippen LogP contribution in [0.1, 0.15) is 18.5 Å². The third-order valence-electron chi connectivity index (χ3n) is 5.05. The number of nitrogens with zero attached hydrogens (tertiary/aromatic N) is 1. The van der Waals surface area contributed by atoms with E-state index in [1.807, 2.05) is 0 Å². The molecule has 2 aromatic rings. The zero-order valence-electron chi connectivity index (χ0n) is 17.6. The van der Waals surface area contributed by atoms with Gasteiger partial charge in [-0.15, -0.1) is 0 Å². The van der Waals surface area contributed by atoms with E-state index in [-0.39, 0.29) is 22.9 Å². The molecule has 2 atom stereocenters. The molecule has 11 heteroatoms. The number of ether oxygens (including phenoxy) is 3. The fourth-order valence-electron chi connectivity index (χ4n) is 3.59. The minimum atomic E-state index is -3.96. The number of anilines is 1. The summed E-state index contributed by atoms with van der Waals surface area (Å²) in [4.78, 5) is 39.5. The smallest absolute Gasteiger partial charge is 0.319 e. The number of sulfonamides is 1. The van der Waals surface area contributed by atoms with Gasteiger partial charge in [0, 0.05) is 17.3 Å². The van der Waals surface area contributed by atoms with Crippen LogP contribution in [0.25, 0.3) is 0 Å². The minimum absolute atomic E-state index is 0.0202. The molecule has 32 heavy (non-hydrogen) atoms. The van der Waals surface area contributed by atoms with Gasteiger partial charge in [-0.05, 0) is 43.3 Å². The number of esters is 1. The standard InChI is InChI=1S/C21H22N2O8S/c1-4-31-21(26)17-18(15-10-7-13(29-2)11-16(15)30-3)23(20(25)19(17)24)12-5-8-14(9-6-12)32(22,27)28/h5-11,17-18H,4H2,1-3H3,(H2,22,27,28)/t17-,18-/m0/s1. The number of carbonyl (C=O) groups is 3. The number of benzene rings is 2. The maximum Gasteiger partial charge on any atom is 0.319 e. The van der Waals surface area contributed by atoms with E-state index < -0.39 is 39.6 Å². The molecule has 1 amide bonds. The van der Waals surface area contributed by atoms with Crippen LogP contribution in [0.2, 0.25) is 0 Å². The van der Waals surface area contributed by atoms with E-state index in [9.17, 15) is 22.8 Å². The van der Waals surface area contributed by atoms with Crippen LogP contribution in [0, 0.1) is 5.92 Å². The van der Waals surface area contributed by atoms with Gasteiger partial charge in [0.1, 0.15) is 11.5 Å². The molecule has 1 aliphatic rings. The molecule has 0 bridgehead atoms. The van der Waals surface area contributed by atoms with Crippen LogP contribution in [-0.2, 0) is 29.1 Å². The molecule has 0 unspecified atom stereocenters. The number of methoxy groups -OCH3 is 2. The first-order valence-electron chi connectivity index (χ1n) is 9.52. The first-order chi connectivity index (χ1) is 15.1. The molecular formula is C21H22N2O8S. The molecule has 2 aromatic carbocycles. The van der Waals surface area contributed by atoms with Gasteiger partial charge in [-0.2, -0.15) is 0 Å². The maximum absolute atomic E-state index is 13.0. The van der Waals surface area contributed by atoms with Crippen molar-refractivity contribution in [2.24, 2.45) is 11.1 Å². The lowest BCUT2D eigenvalue weighted by molar-refractivity contribution is -0.152. The number of hydrogen-bond acceptors (Lipinski definition) is 8. The average Bonchev–Trinajstić information content (AvgIpc) is 3.03. The number of carbonyl (C=O) groups excluding carboxylic acids is 3. The number of Topliss-reactive ketones (excluding diaryl/α,β-unsaturated/α-hetero) is 1. The highest BCUT2D eigenvalue weighted by atomic mass is 32.2. The Morgan fingerprint density at radius 1 is 1.06 bits per heavy atom. The van der Waals surface area contributed by atoms with Gasteiger partial charge in [-0.1, -0.05) is 0 Å². The Kier molecular flexibility index (Phi) is 6.51. The van der Waals surface area contributed by atoms with Crippen molar-refractivity contribution in [3.05, 3.63) is 48.0 Å². The van der Waals surface area contributed by atoms with Gasteiger partial charge < -0.3 is 14.2 Å². The van der Waals surface area contributed by atoms with E-state index in [4.69, 9.17) is 19.3 Å². The van der Waals surface area contributed by atoms with Crippen molar-refractivity contribution in [3.63, 3.8) is 0 Å². The van der Waals surface area contributed by atoms with Crippen molar-refractivity contribution in [1.82, 2.24) is 0 Å². The van der Waals surface area contributed by atoms with Crippen molar-refractivity contribution < 1.29 is 37.0 Å². The summed E-state index contributed by atoms with van der Waals surface area (Å²) < 4.78 is 38.8. The lowest BCUT2D eigenvalue weighted by atomic mass is 9.92. The largest absolute Gasteiger partial charge is 0.497 e. The van der Waals surface area contributed by atoms with Crippen LogP contribution < -0.4 is 19.5 Å². The fraction of sp³-hybridized carbons (Fsp3) is 0.286. The van der Waals surface area contributed by atoms with Crippen LogP contribution in [0.15, 0.2) is 47.4 Å². The normalized spacial score (nSPS) is 18.6. The van der Waals surface area contributed by atoms with Gasteiger partial charge in [-0.25, -0.2) is 13.6 Å². The van der Waals surface area contributed by atoms with Crippen LogP contribution in [0.5, 0.6) is 11.5 Å². The minimum Gasteiger partial charge on any atom is -0.497 e. The number of ketones is 1. The van der Waals surface area contributed by atoms with Crippen molar-refractivity contribution in [2.45, 2.75) is 17.9 Å². The van der Waals surface area contributed by atoms with E-state index in [1.165, 1.54) is 38.5 Å². The lowest BCUT2D eigenvalue weighted by Crippen LogP contribution is -2.31. The predicted molar refractivity (Wildman–Crippen MR) is 113 cm³/mol. The molecule has 1 heterocycles. The maximum atomic E-state index is 13.0. The summed E-state index contributed by atoms with van der Waals surface area (Å²) in [6.45, 7) is 1.61. The van der Waals surface area contributed by atoms with Crippen LogP contribution >= 0.6 is 0 Å². The van der Waals surface area contributed by atoms with Crippen molar-refractivity contribution >= 4 is 33.4 Å². The number of primary sulfonamides is 1. The van der Waals surface area contributed by atoms with Gasteiger partial charge >= 0.3 is 5.97 Å². The van der Waals surface area contributed by atoms with Gasteiger partial charge in [0.15, 0.2) is 5.92 Å². The molecule has 2 N–H and O–H groups in total. The summed E-state index contributed by atoms with van der Waals surface area (Å²) in [6.07, 6.45) is 0. The molecule has 3 rings (SSSR count). The predicted octanol–water partition coefficient (Wildman–Crippen LogP) is 1.19. The summed E-state index contributed by atoms with van der Waals surface area (Å²) in [7, 11) is -1.09. The summed E-state index contributed by atoms with van der Waals surface area (Å²) in [6, 6.07) is 8.76. The van der Waals surface area contributed by atoms with Crippen molar-refractivity contribution in [3.8, 4) is 11.5 Å². The molecule has 1 fully saturated rings. The SMILES string of the molecule is CCOC(=O)[C@@H]1C(=O)C(=O)N(c2ccc(S(N)(=O)=O)cc2)[C@H]1c1ccc(OC)cc1OC. The van der Waals surface area contributed by atoms with Crippen molar-refractivity contribution in [2.75, 3.05) is 25.7 Å². The Labute approximate surface area is 184 Å². The summed E-state index contributed by atoms with van der Waals surface area (Å²) in [5.74, 6) is -3.41. The van der Waals surface area contributed by atoms with E-state index in [1.54, 1.807) is 25.1 Å². The van der Waals surface area contributed by atoms with Crippen LogP contribution in [0.4, 0.5) is 5.69 Å². The second kappa shape index (κ2) is 8.97. The monoisotopic (exact) mass is 462 g/mol. The zero-order chi connectivity index (χ0) is 23.6. The first-order valence-corrected chi connectivity index (χ1v) is 11.1. The zero-order valence-corrected chi connectivity index (χ0v) is 18.4. The van der Waals surface area contributed by atoms with Crippen LogP contribution in [0.3, 0.4) is 0 Å². The molecule has 1 aliphatic heterocycles. The summed E-state index contributed by atoms with van der Waals surface area (Å²) >= 11 is 0. The second-order valence-corrected chi connectivity index (χ2v) is 8.42. The highest BCUT2D eigenvalue weighted by Gasteiger charge is 2.54.